The largest absolute Gasteiger partial charge is 0.293 e. The summed E-state index contributed by atoms with van der Waals surface area (Å²) in [7, 11) is -3.87. The summed E-state index contributed by atoms with van der Waals surface area (Å²) >= 11 is 2.02. The van der Waals surface area contributed by atoms with Crippen LogP contribution in [0.15, 0.2) is 59.5 Å². The molecule has 0 fully saturated rings. The number of nitrogens with two attached hydrogens (primary N) is 1. The van der Waals surface area contributed by atoms with Crippen LogP contribution in [-0.4, -0.2) is 20.9 Å². The molecule has 0 atom stereocenters. The Morgan fingerprint density at radius 2 is 1.68 bits per heavy atom. The second-order valence-electron chi connectivity index (χ2n) is 4.34. The van der Waals surface area contributed by atoms with Crippen LogP contribution in [0, 0.1) is 3.57 Å². The molecule has 1 amide bonds. The van der Waals surface area contributed by atoms with E-state index in [1.165, 1.54) is 12.1 Å². The number of nitrogens with one attached hydrogen (secondary N) is 1. The van der Waals surface area contributed by atoms with Crippen molar-refractivity contribution >= 4 is 44.2 Å². The van der Waals surface area contributed by atoms with Crippen molar-refractivity contribution in [1.29, 1.82) is 0 Å². The van der Waals surface area contributed by atoms with Gasteiger partial charge in [-0.3, -0.25) is 14.5 Å². The molecule has 8 heteroatoms. The fourth-order valence-corrected chi connectivity index (χ4v) is 4.15. The van der Waals surface area contributed by atoms with Gasteiger partial charge in [-0.05, 0) is 46.9 Å². The molecule has 3 N–H and O–H groups in total. The van der Waals surface area contributed by atoms with Crippen LogP contribution in [0.1, 0.15) is 0 Å². The van der Waals surface area contributed by atoms with Gasteiger partial charge in [-0.15, -0.1) is 0 Å². The molecule has 0 aliphatic carbocycles. The topological polar surface area (TPSA) is 92.5 Å². The van der Waals surface area contributed by atoms with Crippen LogP contribution in [0.2, 0.25) is 0 Å². The van der Waals surface area contributed by atoms with Gasteiger partial charge in [-0.2, -0.15) is 0 Å². The number of hydrazine groups is 1. The van der Waals surface area contributed by atoms with Gasteiger partial charge in [0.05, 0.1) is 10.6 Å². The van der Waals surface area contributed by atoms with Crippen LogP contribution in [0.25, 0.3) is 0 Å². The summed E-state index contributed by atoms with van der Waals surface area (Å²) in [6.45, 7) is -0.395. The van der Waals surface area contributed by atoms with Crippen LogP contribution in [0.3, 0.4) is 0 Å². The number of hydrogen-bond donors (Lipinski definition) is 2. The van der Waals surface area contributed by atoms with Crippen molar-refractivity contribution in [3.63, 3.8) is 0 Å². The summed E-state index contributed by atoms with van der Waals surface area (Å²) in [5.74, 6) is 4.50. The van der Waals surface area contributed by atoms with E-state index in [0.717, 1.165) is 4.31 Å². The molecule has 0 heterocycles. The van der Waals surface area contributed by atoms with E-state index in [4.69, 9.17) is 5.84 Å². The van der Waals surface area contributed by atoms with Crippen molar-refractivity contribution in [2.45, 2.75) is 4.90 Å². The number of halogens is 1. The molecule has 0 spiro atoms. The number of rotatable bonds is 5. The van der Waals surface area contributed by atoms with Gasteiger partial charge in [0.1, 0.15) is 6.54 Å². The fourth-order valence-electron chi connectivity index (χ4n) is 1.85. The van der Waals surface area contributed by atoms with Gasteiger partial charge in [0.2, 0.25) is 0 Å². The van der Waals surface area contributed by atoms with Gasteiger partial charge < -0.3 is 0 Å². The summed E-state index contributed by atoms with van der Waals surface area (Å²) in [4.78, 5) is 11.8. The Bertz CT molecular complexity index is 766. The first kappa shape index (κ1) is 16.7. The molecule has 2 aromatic rings. The average Bonchev–Trinajstić information content (AvgIpc) is 2.54. The predicted molar refractivity (Wildman–Crippen MR) is 92.5 cm³/mol. The maximum absolute atomic E-state index is 12.8. The number of para-hydroxylation sites is 1. The van der Waals surface area contributed by atoms with Gasteiger partial charge in [0.25, 0.3) is 15.9 Å². The molecule has 0 saturated carbocycles. The van der Waals surface area contributed by atoms with Crippen LogP contribution in [0.4, 0.5) is 5.69 Å². The number of carbonyl (C=O) groups excluding carboxylic acids is 1. The second-order valence-corrected chi connectivity index (χ2v) is 7.37. The average molecular weight is 431 g/mol. The molecule has 0 aliphatic heterocycles. The molecular weight excluding hydrogens is 417 g/mol. The Morgan fingerprint density at radius 3 is 2.27 bits per heavy atom. The van der Waals surface area contributed by atoms with Crippen molar-refractivity contribution in [2.24, 2.45) is 5.84 Å². The highest BCUT2D eigenvalue weighted by atomic mass is 127. The molecule has 0 aliphatic rings. The minimum atomic E-state index is -3.87. The zero-order valence-electron chi connectivity index (χ0n) is 11.4. The Labute approximate surface area is 142 Å². The lowest BCUT2D eigenvalue weighted by Gasteiger charge is -2.24. The minimum absolute atomic E-state index is 0.111. The number of nitrogens with zero attached hydrogens (tertiary/aromatic N) is 1. The van der Waals surface area contributed by atoms with Gasteiger partial charge in [0.15, 0.2) is 0 Å². The van der Waals surface area contributed by atoms with Crippen molar-refractivity contribution < 1.29 is 13.2 Å². The summed E-state index contributed by atoms with van der Waals surface area (Å²) in [6.07, 6.45) is 0. The summed E-state index contributed by atoms with van der Waals surface area (Å²) < 4.78 is 27.4. The maximum Gasteiger partial charge on any atom is 0.264 e. The maximum atomic E-state index is 12.8. The third kappa shape index (κ3) is 3.57. The highest BCUT2D eigenvalue weighted by Gasteiger charge is 2.28. The van der Waals surface area contributed by atoms with Gasteiger partial charge in [-0.1, -0.05) is 30.3 Å². The number of amides is 1. The number of carbonyl (C=O) groups is 1. The zero-order chi connectivity index (χ0) is 16.2. The van der Waals surface area contributed by atoms with E-state index in [0.29, 0.717) is 9.26 Å². The lowest BCUT2D eigenvalue weighted by atomic mass is 10.3. The van der Waals surface area contributed by atoms with Crippen LogP contribution in [-0.2, 0) is 14.8 Å². The smallest absolute Gasteiger partial charge is 0.264 e. The third-order valence-corrected chi connectivity index (χ3v) is 5.59. The van der Waals surface area contributed by atoms with Crippen molar-refractivity contribution in [3.05, 3.63) is 58.2 Å². The number of sulfonamides is 1. The standard InChI is InChI=1S/C14H14IN3O3S/c15-12-8-4-5-9-13(12)18(10-14(19)17-16)22(20,21)11-6-2-1-3-7-11/h1-9H,10,16H2,(H,17,19). The lowest BCUT2D eigenvalue weighted by Crippen LogP contribution is -2.43. The molecule has 2 aromatic carbocycles. The highest BCUT2D eigenvalue weighted by Crippen LogP contribution is 2.27. The van der Waals surface area contributed by atoms with E-state index in [2.05, 4.69) is 0 Å². The van der Waals surface area contributed by atoms with Crippen LogP contribution >= 0.6 is 22.6 Å². The summed E-state index contributed by atoms with van der Waals surface area (Å²) in [5.41, 5.74) is 2.39. The van der Waals surface area contributed by atoms with Gasteiger partial charge in [0, 0.05) is 3.57 Å². The molecule has 0 bridgehead atoms. The predicted octanol–water partition coefficient (Wildman–Crippen LogP) is 1.48. The Morgan fingerprint density at radius 1 is 1.09 bits per heavy atom. The van der Waals surface area contributed by atoms with Crippen LogP contribution < -0.4 is 15.6 Å². The quantitative estimate of drug-likeness (QED) is 0.325. The molecule has 0 unspecified atom stereocenters. The van der Waals surface area contributed by atoms with E-state index in [1.54, 1.807) is 42.5 Å². The van der Waals surface area contributed by atoms with E-state index in [1.807, 2.05) is 28.0 Å². The normalized spacial score (nSPS) is 11.0. The number of benzene rings is 2. The molecule has 0 aromatic heterocycles. The van der Waals surface area contributed by atoms with Gasteiger partial charge >= 0.3 is 0 Å². The van der Waals surface area contributed by atoms with Crippen molar-refractivity contribution in [1.82, 2.24) is 5.43 Å². The van der Waals surface area contributed by atoms with E-state index in [-0.39, 0.29) is 4.90 Å². The molecular formula is C14H14IN3O3S. The molecule has 0 radical (unpaired) electrons. The Balaban J connectivity index is 2.54. The Kier molecular flexibility index (Phi) is 5.37. The monoisotopic (exact) mass is 431 g/mol. The number of hydrogen-bond acceptors (Lipinski definition) is 4. The zero-order valence-corrected chi connectivity index (χ0v) is 14.4. The highest BCUT2D eigenvalue weighted by molar-refractivity contribution is 14.1. The molecule has 2 rings (SSSR count). The van der Waals surface area contributed by atoms with E-state index in [9.17, 15) is 13.2 Å². The third-order valence-electron chi connectivity index (χ3n) is 2.90. The minimum Gasteiger partial charge on any atom is -0.293 e. The van der Waals surface area contributed by atoms with Crippen molar-refractivity contribution in [3.8, 4) is 0 Å². The second kappa shape index (κ2) is 7.07. The molecule has 22 heavy (non-hydrogen) atoms. The van der Waals surface area contributed by atoms with Gasteiger partial charge in [-0.25, -0.2) is 14.3 Å². The summed E-state index contributed by atoms with van der Waals surface area (Å²) in [5, 5.41) is 0. The van der Waals surface area contributed by atoms with E-state index >= 15 is 0 Å². The molecule has 0 saturated heterocycles. The van der Waals surface area contributed by atoms with Crippen LogP contribution in [0.5, 0.6) is 0 Å². The SMILES string of the molecule is NNC(=O)CN(c1ccccc1I)S(=O)(=O)c1ccccc1. The molecule has 116 valence electrons. The first-order valence-electron chi connectivity index (χ1n) is 6.28. The van der Waals surface area contributed by atoms with E-state index < -0.39 is 22.5 Å². The lowest BCUT2D eigenvalue weighted by molar-refractivity contribution is -0.119. The summed E-state index contributed by atoms with van der Waals surface area (Å²) in [6, 6.07) is 14.9. The van der Waals surface area contributed by atoms with Crippen molar-refractivity contribution in [2.75, 3.05) is 10.8 Å². The number of anilines is 1. The Hall–Kier alpha value is -1.65. The fraction of sp³-hybridized carbons (Fsp3) is 0.0714. The first-order chi connectivity index (χ1) is 10.5. The molecule has 6 nitrogen and oxygen atoms in total. The first-order valence-corrected chi connectivity index (χ1v) is 8.80.